The summed E-state index contributed by atoms with van der Waals surface area (Å²) < 4.78 is 17.2. The second-order valence-electron chi connectivity index (χ2n) is 32.5. The first-order valence-electron chi connectivity index (χ1n) is 44.3. The standard InChI is InChI=1S/C20H16N4O3S.C17H13N3O2.C16H14N4.C16H11N3O2.C14H13N3O.C13H10Cl2N4.C13H11N3O/c1-23(2)14-8-7-11(9-15(14)24(25)26)17-13(10-21)20(22)27-18-12-5-3-4-6-16(12)28-19(17)18;1-10-2-4-13-14(6-10)20-17(19-13)12(9-18)7-11-3-5-15(21)16(22)8-11;1-2-7-13(8-3-1)9-6-12-17-20-16-18-14-10-4-5-11-15(14)19-16;17-9-11(7-10-5-6-14(20)15(21)8-10)16-18-12-3-1-2-4-13(12)19-16;1-18-11-4-2-3-9(7-11)14-16-12-6-5-10(15)8-13(12)17-14;14-8-3-6(4-9(15)12(8)17)13-18-10-2-1-7(16)5-11(10)19-13;14-9-3-5-11-12(8-9)16-13(15-11)6-4-10-2-1-7-17-10/h3-9,17H,22H2,1-2H3;2-8,21-22H,1H3,(H,19,20);1-12H,(H2,18,19,20);1-8,20-21H,(H,18,19);2-8H,15H2,1H3,(H,16,17);1-5H,16-17H2,(H,18,19);1-8H,14H2,(H,15,16)/b;12-7+;9-6+,17-12+;11-7-;;;6-4+. The van der Waals surface area contributed by atoms with Crippen molar-refractivity contribution >= 4 is 199 Å². The van der Waals surface area contributed by atoms with Crippen LogP contribution in [0.3, 0.4) is 0 Å². The molecule has 0 fully saturated rings. The number of rotatable bonds is 16. The molecule has 1 aliphatic heterocycles. The van der Waals surface area contributed by atoms with E-state index in [-0.39, 0.29) is 40.1 Å². The zero-order chi connectivity index (χ0) is 102. The fourth-order valence-electron chi connectivity index (χ4n) is 15.0. The molecule has 36 heteroatoms. The number of nitro benzene ring substituents is 1. The minimum atomic E-state index is -0.513. The van der Waals surface area contributed by atoms with Crippen molar-refractivity contribution in [2.75, 3.05) is 54.5 Å². The fourth-order valence-corrected chi connectivity index (χ4v) is 16.8. The van der Waals surface area contributed by atoms with Crippen LogP contribution in [-0.2, 0) is 0 Å². The van der Waals surface area contributed by atoms with Gasteiger partial charge in [0.25, 0.3) is 5.69 Å². The van der Waals surface area contributed by atoms with E-state index >= 15 is 0 Å². The number of hydrogen-bond donors (Lipinski definition) is 16. The third-order valence-corrected chi connectivity index (χ3v) is 24.0. The van der Waals surface area contributed by atoms with Crippen LogP contribution in [-0.4, -0.2) is 113 Å². The summed E-state index contributed by atoms with van der Waals surface area (Å²) in [7, 11) is 5.15. The van der Waals surface area contributed by atoms with Gasteiger partial charge in [-0.3, -0.25) is 10.1 Å². The molecule has 1 aliphatic rings. The van der Waals surface area contributed by atoms with E-state index in [2.05, 4.69) is 88.5 Å². The van der Waals surface area contributed by atoms with Crippen molar-refractivity contribution in [3.05, 3.63) is 379 Å². The number of allylic oxidation sites excluding steroid dienone is 4. The van der Waals surface area contributed by atoms with E-state index in [9.17, 15) is 46.3 Å². The summed E-state index contributed by atoms with van der Waals surface area (Å²) in [5.74, 6) is 4.71. The molecule has 22 rings (SSSR count). The van der Waals surface area contributed by atoms with Crippen molar-refractivity contribution in [1.29, 1.82) is 15.8 Å². The smallest absolute Gasteiger partial charge is 0.292 e. The van der Waals surface area contributed by atoms with E-state index in [1.807, 2.05) is 237 Å². The van der Waals surface area contributed by atoms with Gasteiger partial charge in [0, 0.05) is 64.7 Å². The number of nitrogens with one attached hydrogen (secondary N) is 7. The number of imidazole rings is 6. The molecular formula is C109H88Cl2N24O9S. The molecule has 1 atom stereocenters. The Kier molecular flexibility index (Phi) is 30.3. The average molecular weight is 1980 g/mol. The molecule has 145 heavy (non-hydrogen) atoms. The number of phenols is 4. The number of nitriles is 3. The summed E-state index contributed by atoms with van der Waals surface area (Å²) in [6.45, 7) is 1.99. The minimum Gasteiger partial charge on any atom is -0.504 e. The van der Waals surface area contributed by atoms with Gasteiger partial charge in [0.05, 0.1) is 122 Å². The number of hydrogen-bond acceptors (Lipinski definition) is 27. The first kappa shape index (κ1) is 98.2. The number of ether oxygens (including phenoxy) is 2. The Bertz CT molecular complexity index is 8620. The number of H-pyrrole nitrogens is 6. The lowest BCUT2D eigenvalue weighted by atomic mass is 9.88. The van der Waals surface area contributed by atoms with E-state index in [0.717, 1.165) is 138 Å². The first-order chi connectivity index (χ1) is 70.2. The maximum atomic E-state index is 11.6. The number of benzene rings is 13. The number of methoxy groups -OCH3 is 1. The fraction of sp³-hybridized carbons (Fsp3) is 0.0459. The van der Waals surface area contributed by atoms with Crippen LogP contribution in [0.4, 0.5) is 40.1 Å². The number of furan rings is 1. The Morgan fingerprint density at radius 3 is 1.66 bits per heavy atom. The molecule has 0 aliphatic carbocycles. The number of anilines is 6. The van der Waals surface area contributed by atoms with Gasteiger partial charge in [-0.05, 0) is 235 Å². The summed E-state index contributed by atoms with van der Waals surface area (Å²) in [4.78, 5) is 59.2. The maximum Gasteiger partial charge on any atom is 0.292 e. The Morgan fingerprint density at radius 1 is 0.531 bits per heavy atom. The maximum absolute atomic E-state index is 11.6. The third kappa shape index (κ3) is 23.9. The second-order valence-corrected chi connectivity index (χ2v) is 34.4. The number of nitrogens with zero attached hydrogens (tertiary/aromatic N) is 12. The monoisotopic (exact) mass is 1980 g/mol. The lowest BCUT2D eigenvalue weighted by Crippen LogP contribution is -2.20. The van der Waals surface area contributed by atoms with Gasteiger partial charge >= 0.3 is 0 Å². The van der Waals surface area contributed by atoms with Crippen molar-refractivity contribution in [2.24, 2.45) is 10.8 Å². The Balaban J connectivity index is 0.000000122. The number of phenolic OH excluding ortho intramolecular Hbond substituents is 4. The van der Waals surface area contributed by atoms with E-state index in [1.54, 1.807) is 93.2 Å². The largest absolute Gasteiger partial charge is 0.504 e. The number of halogens is 2. The van der Waals surface area contributed by atoms with Crippen molar-refractivity contribution in [1.82, 2.24) is 59.8 Å². The number of aryl methyl sites for hydroxylation is 1. The zero-order valence-electron chi connectivity index (χ0n) is 77.5. The number of para-hydroxylation sites is 4. The number of fused-ring (bicyclic) bond motifs is 9. The van der Waals surface area contributed by atoms with Gasteiger partial charge in [-0.1, -0.05) is 132 Å². The molecule has 9 heterocycles. The molecule has 13 aromatic carbocycles. The molecule has 8 aromatic heterocycles. The van der Waals surface area contributed by atoms with Crippen molar-refractivity contribution in [3.8, 4) is 75.5 Å². The van der Waals surface area contributed by atoms with Crippen LogP contribution in [0, 0.1) is 51.0 Å². The molecule has 21 N–H and O–H groups in total. The summed E-state index contributed by atoms with van der Waals surface area (Å²) in [5.41, 5.74) is 52.1. The van der Waals surface area contributed by atoms with Gasteiger partial charge in [0.1, 0.15) is 70.1 Å². The number of thiophene rings is 1. The van der Waals surface area contributed by atoms with Gasteiger partial charge < -0.3 is 97.8 Å². The Hall–Kier alpha value is -19.9. The first-order valence-corrected chi connectivity index (χ1v) is 45.8. The van der Waals surface area contributed by atoms with Crippen LogP contribution in [0.25, 0.3) is 141 Å². The molecular weight excluding hydrogens is 1890 g/mol. The predicted molar refractivity (Wildman–Crippen MR) is 577 cm³/mol. The van der Waals surface area contributed by atoms with Crippen LogP contribution in [0.5, 0.6) is 34.5 Å². The average Bonchev–Trinajstić information content (AvgIpc) is 1.59. The Morgan fingerprint density at radius 2 is 1.08 bits per heavy atom. The Labute approximate surface area is 840 Å². The normalized spacial score (nSPS) is 12.2. The van der Waals surface area contributed by atoms with E-state index in [1.165, 1.54) is 41.7 Å². The molecule has 0 amide bonds. The number of aromatic hydroxyl groups is 4. The molecule has 0 spiro atoms. The molecule has 0 radical (unpaired) electrons. The van der Waals surface area contributed by atoms with Crippen molar-refractivity contribution in [2.45, 2.75) is 12.8 Å². The van der Waals surface area contributed by atoms with Crippen molar-refractivity contribution in [3.63, 3.8) is 0 Å². The molecule has 718 valence electrons. The van der Waals surface area contributed by atoms with Gasteiger partial charge in [-0.2, -0.15) is 20.9 Å². The number of aromatic amines is 6. The summed E-state index contributed by atoms with van der Waals surface area (Å²) in [5, 5.41) is 83.4. The van der Waals surface area contributed by atoms with Crippen LogP contribution < -0.4 is 48.5 Å². The molecule has 1 unspecified atom stereocenters. The van der Waals surface area contributed by atoms with E-state index < -0.39 is 10.8 Å². The van der Waals surface area contributed by atoms with Crippen LogP contribution in [0.2, 0.25) is 10.0 Å². The van der Waals surface area contributed by atoms with Gasteiger partial charge in [0.15, 0.2) is 28.7 Å². The van der Waals surface area contributed by atoms with Crippen LogP contribution >= 0.6 is 34.5 Å². The van der Waals surface area contributed by atoms with Crippen LogP contribution in [0.15, 0.2) is 312 Å². The highest BCUT2D eigenvalue weighted by Crippen LogP contribution is 2.51. The summed E-state index contributed by atoms with van der Waals surface area (Å²) >= 11 is 13.5. The van der Waals surface area contributed by atoms with Gasteiger partial charge in [-0.25, -0.2) is 35.3 Å². The summed E-state index contributed by atoms with van der Waals surface area (Å²) in [6.07, 6.45) is 14.1. The lowest BCUT2D eigenvalue weighted by Gasteiger charge is -2.24. The highest BCUT2D eigenvalue weighted by Gasteiger charge is 2.35. The number of hydrazone groups is 1. The molecule has 0 saturated heterocycles. The highest BCUT2D eigenvalue weighted by molar-refractivity contribution is 7.19. The quantitative estimate of drug-likeness (QED) is 0.0107. The number of nitrogens with two attached hydrogens (primary N) is 5. The highest BCUT2D eigenvalue weighted by atomic mass is 35.5. The summed E-state index contributed by atoms with van der Waals surface area (Å²) in [6, 6.07) is 90.7. The second kappa shape index (κ2) is 44.7. The number of aromatic nitrogens is 12. The zero-order valence-corrected chi connectivity index (χ0v) is 79.8. The lowest BCUT2D eigenvalue weighted by molar-refractivity contribution is -0.384. The number of nitrogen functional groups attached to an aromatic ring is 4. The van der Waals surface area contributed by atoms with Gasteiger partial charge in [-0.15, -0.1) is 11.3 Å². The topological polar surface area (TPSA) is 557 Å². The predicted octanol–water partition coefficient (Wildman–Crippen LogP) is 23.6. The SMILES string of the molecule is C(=C\c1ccccc1)/C=N/Nc1nc2ccccc2[nH]1.CN(C)c1ccc(C2C(C#N)=C(N)Oc3c2sc2ccccc32)cc1[N+](=O)[O-].COc1cccc(-c2nc3ccc(N)cc3[nH]2)c1.Cc1ccc2nc(/C(C#N)=C/c3ccc(O)c(O)c3)[nH]c2c1.N#C/C(=C/c1ccc(O)c(O)c1)c1nc2ccccc2[nH]1.Nc1ccc2nc(-c3cc(Cl)c(N)c(Cl)c3)[nH]c2c1.Nc1ccc2nc(/C=C/c3ccco3)[nH]c2c1. The minimum absolute atomic E-state index is 0.0208. The van der Waals surface area contributed by atoms with Crippen molar-refractivity contribution < 1.29 is 39.2 Å². The van der Waals surface area contributed by atoms with Crippen LogP contribution in [0.1, 0.15) is 61.8 Å². The molecule has 0 saturated carbocycles. The molecule has 33 nitrogen and oxygen atoms in total. The van der Waals surface area contributed by atoms with Gasteiger partial charge in [0.2, 0.25) is 11.8 Å². The molecule has 21 aromatic rings. The number of nitro groups is 1. The van der Waals surface area contributed by atoms with E-state index in [0.29, 0.717) is 84.1 Å². The van der Waals surface area contributed by atoms with E-state index in [4.69, 9.17) is 65.8 Å². The third-order valence-electron chi connectivity index (χ3n) is 22.1. The molecule has 0 bridgehead atoms.